The van der Waals surface area contributed by atoms with Crippen LogP contribution in [0, 0.1) is 0 Å². The van der Waals surface area contributed by atoms with Crippen LogP contribution in [0.2, 0.25) is 10.3 Å². The Kier molecular flexibility index (Phi) is 4.16. The van der Waals surface area contributed by atoms with Gasteiger partial charge >= 0.3 is 0 Å². The molecule has 124 valence electrons. The van der Waals surface area contributed by atoms with E-state index >= 15 is 0 Å². The van der Waals surface area contributed by atoms with Gasteiger partial charge in [-0.2, -0.15) is 0 Å². The summed E-state index contributed by atoms with van der Waals surface area (Å²) in [6.07, 6.45) is 3.69. The van der Waals surface area contributed by atoms with Gasteiger partial charge in [-0.1, -0.05) is 23.7 Å². The molecule has 4 rings (SSSR count). The summed E-state index contributed by atoms with van der Waals surface area (Å²) >= 11 is 12.0. The third-order valence-electron chi connectivity index (χ3n) is 4.42. The third kappa shape index (κ3) is 2.88. The lowest BCUT2D eigenvalue weighted by Crippen LogP contribution is -2.32. The third-order valence-corrected chi connectivity index (χ3v) is 4.88. The smallest absolute Gasteiger partial charge is 0.254 e. The van der Waals surface area contributed by atoms with Crippen LogP contribution in [-0.4, -0.2) is 40.0 Å². The molecule has 2 aliphatic heterocycles. The van der Waals surface area contributed by atoms with E-state index in [1.165, 1.54) is 6.20 Å². The van der Waals surface area contributed by atoms with Gasteiger partial charge in [0.2, 0.25) is 5.28 Å². The Bertz CT molecular complexity index is 806. The van der Waals surface area contributed by atoms with Gasteiger partial charge in [0.25, 0.3) is 5.91 Å². The van der Waals surface area contributed by atoms with E-state index < -0.39 is 0 Å². The number of nitrogens with zero attached hydrogens (tertiary/aromatic N) is 3. The molecule has 0 saturated carbocycles. The minimum atomic E-state index is 0.0265. The summed E-state index contributed by atoms with van der Waals surface area (Å²) in [6, 6.07) is 5.69. The highest BCUT2D eigenvalue weighted by Gasteiger charge is 2.30. The number of hydrogen-bond acceptors (Lipinski definition) is 4. The van der Waals surface area contributed by atoms with Gasteiger partial charge in [-0.05, 0) is 36.1 Å². The fraction of sp³-hybridized carbons (Fsp3) is 0.353. The van der Waals surface area contributed by atoms with Crippen LogP contribution < -0.4 is 0 Å². The molecule has 1 saturated heterocycles. The quantitative estimate of drug-likeness (QED) is 0.782. The number of rotatable bonds is 3. The molecule has 3 heterocycles. The molecular weight excluding hydrogens is 349 g/mol. The fourth-order valence-corrected chi connectivity index (χ4v) is 3.57. The SMILES string of the molecule is O=C1c2cc(-c3nc(Cl)ncc3Cl)ccc2CN1CC1CCCO1. The minimum absolute atomic E-state index is 0.0265. The van der Waals surface area contributed by atoms with Gasteiger partial charge in [-0.15, -0.1) is 0 Å². The Balaban J connectivity index is 1.62. The zero-order chi connectivity index (χ0) is 16.7. The van der Waals surface area contributed by atoms with Crippen molar-refractivity contribution in [2.24, 2.45) is 0 Å². The predicted molar refractivity (Wildman–Crippen MR) is 91.2 cm³/mol. The first-order valence-corrected chi connectivity index (χ1v) is 8.59. The largest absolute Gasteiger partial charge is 0.376 e. The molecular formula is C17H15Cl2N3O2. The van der Waals surface area contributed by atoms with Crippen molar-refractivity contribution in [1.82, 2.24) is 14.9 Å². The molecule has 0 aliphatic carbocycles. The van der Waals surface area contributed by atoms with E-state index in [-0.39, 0.29) is 17.3 Å². The van der Waals surface area contributed by atoms with Crippen LogP contribution in [0.25, 0.3) is 11.3 Å². The van der Waals surface area contributed by atoms with Crippen LogP contribution in [-0.2, 0) is 11.3 Å². The van der Waals surface area contributed by atoms with Gasteiger partial charge in [-0.3, -0.25) is 4.79 Å². The van der Waals surface area contributed by atoms with Crippen molar-refractivity contribution in [3.05, 3.63) is 45.8 Å². The number of halogens is 2. The molecule has 0 bridgehead atoms. The monoisotopic (exact) mass is 363 g/mol. The minimum Gasteiger partial charge on any atom is -0.376 e. The molecule has 2 aromatic rings. The summed E-state index contributed by atoms with van der Waals surface area (Å²) in [5.41, 5.74) is 2.99. The maximum atomic E-state index is 12.7. The van der Waals surface area contributed by atoms with Gasteiger partial charge in [-0.25, -0.2) is 9.97 Å². The lowest BCUT2D eigenvalue weighted by molar-refractivity contribution is 0.0545. The Labute approximate surface area is 149 Å². The summed E-state index contributed by atoms with van der Waals surface area (Å²) < 4.78 is 5.64. The van der Waals surface area contributed by atoms with E-state index in [1.807, 2.05) is 23.1 Å². The molecule has 7 heteroatoms. The maximum absolute atomic E-state index is 12.7. The van der Waals surface area contributed by atoms with E-state index in [1.54, 1.807) is 0 Å². The van der Waals surface area contributed by atoms with Gasteiger partial charge in [0.1, 0.15) is 0 Å². The molecule has 0 N–H and O–H groups in total. The Morgan fingerprint density at radius 2 is 2.21 bits per heavy atom. The molecule has 1 aromatic carbocycles. The van der Waals surface area contributed by atoms with Gasteiger partial charge in [0.15, 0.2) is 0 Å². The van der Waals surface area contributed by atoms with Gasteiger partial charge in [0, 0.05) is 30.8 Å². The van der Waals surface area contributed by atoms with Crippen LogP contribution >= 0.6 is 23.2 Å². The van der Waals surface area contributed by atoms with E-state index in [4.69, 9.17) is 27.9 Å². The van der Waals surface area contributed by atoms with E-state index in [0.717, 1.165) is 30.6 Å². The first-order valence-electron chi connectivity index (χ1n) is 7.84. The van der Waals surface area contributed by atoms with Crippen LogP contribution in [0.3, 0.4) is 0 Å². The number of fused-ring (bicyclic) bond motifs is 1. The summed E-state index contributed by atoms with van der Waals surface area (Å²) in [7, 11) is 0. The highest BCUT2D eigenvalue weighted by atomic mass is 35.5. The summed E-state index contributed by atoms with van der Waals surface area (Å²) in [5.74, 6) is 0.0265. The lowest BCUT2D eigenvalue weighted by Gasteiger charge is -2.19. The molecule has 1 amide bonds. The maximum Gasteiger partial charge on any atom is 0.254 e. The van der Waals surface area contributed by atoms with Crippen LogP contribution in [0.1, 0.15) is 28.8 Å². The molecule has 1 unspecified atom stereocenters. The zero-order valence-electron chi connectivity index (χ0n) is 12.8. The number of carbonyl (C=O) groups excluding carboxylic acids is 1. The predicted octanol–water partition coefficient (Wildman–Crippen LogP) is 3.59. The van der Waals surface area contributed by atoms with Crippen molar-refractivity contribution in [2.75, 3.05) is 13.2 Å². The van der Waals surface area contributed by atoms with E-state index in [0.29, 0.717) is 29.4 Å². The first kappa shape index (κ1) is 15.8. The first-order chi connectivity index (χ1) is 11.6. The molecule has 0 spiro atoms. The standard InChI is InChI=1S/C17H15Cl2N3O2/c18-14-7-20-17(19)21-15(14)10-3-4-11-8-22(16(23)13(11)6-10)9-12-2-1-5-24-12/h3-4,6-7,12H,1-2,5,8-9H2. The van der Waals surface area contributed by atoms with E-state index in [9.17, 15) is 4.79 Å². The molecule has 1 fully saturated rings. The normalized spacial score (nSPS) is 19.8. The van der Waals surface area contributed by atoms with Crippen molar-refractivity contribution in [2.45, 2.75) is 25.5 Å². The van der Waals surface area contributed by atoms with Crippen LogP contribution in [0.5, 0.6) is 0 Å². The number of hydrogen-bond donors (Lipinski definition) is 0. The number of benzene rings is 1. The number of amides is 1. The number of ether oxygens (including phenoxy) is 1. The molecule has 1 atom stereocenters. The van der Waals surface area contributed by atoms with Crippen LogP contribution in [0.15, 0.2) is 24.4 Å². The second-order valence-electron chi connectivity index (χ2n) is 6.03. The number of aromatic nitrogens is 2. The molecule has 24 heavy (non-hydrogen) atoms. The van der Waals surface area contributed by atoms with Crippen molar-refractivity contribution >= 4 is 29.1 Å². The second-order valence-corrected chi connectivity index (χ2v) is 6.77. The summed E-state index contributed by atoms with van der Waals surface area (Å²) in [4.78, 5) is 22.6. The highest BCUT2D eigenvalue weighted by Crippen LogP contribution is 2.31. The highest BCUT2D eigenvalue weighted by molar-refractivity contribution is 6.33. The topological polar surface area (TPSA) is 55.3 Å². The molecule has 2 aliphatic rings. The second kappa shape index (κ2) is 6.31. The fourth-order valence-electron chi connectivity index (χ4n) is 3.24. The van der Waals surface area contributed by atoms with Crippen LogP contribution in [0.4, 0.5) is 0 Å². The lowest BCUT2D eigenvalue weighted by atomic mass is 10.0. The van der Waals surface area contributed by atoms with Gasteiger partial charge < -0.3 is 9.64 Å². The average molecular weight is 364 g/mol. The molecule has 0 radical (unpaired) electrons. The van der Waals surface area contributed by atoms with Crippen molar-refractivity contribution in [3.8, 4) is 11.3 Å². The van der Waals surface area contributed by atoms with Crippen molar-refractivity contribution < 1.29 is 9.53 Å². The zero-order valence-corrected chi connectivity index (χ0v) is 14.3. The van der Waals surface area contributed by atoms with Crippen molar-refractivity contribution in [3.63, 3.8) is 0 Å². The Morgan fingerprint density at radius 1 is 1.33 bits per heavy atom. The van der Waals surface area contributed by atoms with Gasteiger partial charge in [0.05, 0.1) is 23.0 Å². The van der Waals surface area contributed by atoms with E-state index in [2.05, 4.69) is 9.97 Å². The Hall–Kier alpha value is -1.69. The molecule has 5 nitrogen and oxygen atoms in total. The summed E-state index contributed by atoms with van der Waals surface area (Å²) in [5, 5.41) is 0.530. The number of carbonyl (C=O) groups is 1. The molecule has 1 aromatic heterocycles. The average Bonchev–Trinajstić information content (AvgIpc) is 3.19. The van der Waals surface area contributed by atoms with Crippen molar-refractivity contribution in [1.29, 1.82) is 0 Å². The summed E-state index contributed by atoms with van der Waals surface area (Å²) in [6.45, 7) is 2.05. The Morgan fingerprint density at radius 3 is 3.00 bits per heavy atom.